The number of hydrogen-bond donors (Lipinski definition) is 2. The molecule has 8 nitrogen and oxygen atoms in total. The summed E-state index contributed by atoms with van der Waals surface area (Å²) in [6, 6.07) is 12.9. The van der Waals surface area contributed by atoms with Gasteiger partial charge in [-0.25, -0.2) is 9.37 Å². The molecule has 1 aromatic heterocycles. The molecule has 0 saturated carbocycles. The van der Waals surface area contributed by atoms with Crippen LogP contribution >= 0.6 is 15.9 Å². The van der Waals surface area contributed by atoms with Crippen molar-refractivity contribution in [3.8, 4) is 17.2 Å². The highest BCUT2D eigenvalue weighted by atomic mass is 79.9. The van der Waals surface area contributed by atoms with Gasteiger partial charge in [0.2, 0.25) is 5.82 Å². The third kappa shape index (κ3) is 5.11. The number of carbonyl (C=O) groups is 1. The van der Waals surface area contributed by atoms with Gasteiger partial charge in [-0.15, -0.1) is 0 Å². The first-order chi connectivity index (χ1) is 20.4. The molecule has 0 spiro atoms. The Kier molecular flexibility index (Phi) is 7.16. The molecule has 0 fully saturated rings. The lowest BCUT2D eigenvalue weighted by Crippen LogP contribution is -2.39. The lowest BCUT2D eigenvalue weighted by Gasteiger charge is -2.37. The molecular formula is C32H28BrF2N3O5. The van der Waals surface area contributed by atoms with Gasteiger partial charge >= 0.3 is 0 Å². The first kappa shape index (κ1) is 28.7. The summed E-state index contributed by atoms with van der Waals surface area (Å²) in [5.74, 6) is -2.53. The Labute approximate surface area is 255 Å². The third-order valence-electron chi connectivity index (χ3n) is 7.39. The Morgan fingerprint density at radius 1 is 1.09 bits per heavy atom. The predicted molar refractivity (Wildman–Crippen MR) is 159 cm³/mol. The zero-order valence-corrected chi connectivity index (χ0v) is 25.4. The normalized spacial score (nSPS) is 17.4. The third-order valence-corrected chi connectivity index (χ3v) is 8.04. The minimum absolute atomic E-state index is 0.00764. The van der Waals surface area contributed by atoms with E-state index in [1.165, 1.54) is 23.1 Å². The number of anilines is 2. The van der Waals surface area contributed by atoms with Gasteiger partial charge < -0.3 is 24.3 Å². The molecule has 3 aromatic carbocycles. The van der Waals surface area contributed by atoms with Crippen molar-refractivity contribution >= 4 is 33.2 Å². The number of nitrogens with zero attached hydrogens (tertiary/aromatic N) is 2. The molecule has 2 aliphatic heterocycles. The molecule has 0 radical (unpaired) electrons. The first-order valence-corrected chi connectivity index (χ1v) is 14.4. The van der Waals surface area contributed by atoms with Crippen molar-refractivity contribution in [3.63, 3.8) is 0 Å². The topological polar surface area (TPSA) is 97.1 Å². The van der Waals surface area contributed by atoms with Crippen LogP contribution in [0.3, 0.4) is 0 Å². The summed E-state index contributed by atoms with van der Waals surface area (Å²) in [5, 5.41) is 14.2. The van der Waals surface area contributed by atoms with Crippen LogP contribution < -0.4 is 15.0 Å². The van der Waals surface area contributed by atoms with E-state index in [9.17, 15) is 9.90 Å². The van der Waals surface area contributed by atoms with Gasteiger partial charge in [0.15, 0.2) is 23.2 Å². The van der Waals surface area contributed by atoms with E-state index in [4.69, 9.17) is 13.9 Å². The number of phenols is 1. The Hall–Kier alpha value is -4.38. The lowest BCUT2D eigenvalue weighted by molar-refractivity contribution is 0.0755. The molecular weight excluding hydrogens is 624 g/mol. The summed E-state index contributed by atoms with van der Waals surface area (Å²) in [5.41, 5.74) is 0.463. The number of hydrogen-bond acceptors (Lipinski definition) is 7. The van der Waals surface area contributed by atoms with Crippen molar-refractivity contribution in [2.45, 2.75) is 40.2 Å². The van der Waals surface area contributed by atoms with Crippen LogP contribution in [-0.4, -0.2) is 22.6 Å². The van der Waals surface area contributed by atoms with Crippen LogP contribution in [0.15, 0.2) is 74.9 Å². The maximum absolute atomic E-state index is 16.3. The Balaban J connectivity index is 1.58. The molecule has 0 bridgehead atoms. The van der Waals surface area contributed by atoms with Gasteiger partial charge in [0, 0.05) is 17.9 Å². The number of aromatic hydroxyl groups is 1. The van der Waals surface area contributed by atoms with E-state index in [1.54, 1.807) is 50.2 Å². The number of para-hydroxylation sites is 2. The number of allylic oxidation sites excluding steroid dienone is 1. The van der Waals surface area contributed by atoms with E-state index < -0.39 is 23.6 Å². The Bertz CT molecular complexity index is 1800. The van der Waals surface area contributed by atoms with Crippen molar-refractivity contribution in [2.24, 2.45) is 5.41 Å². The highest BCUT2D eigenvalue weighted by Crippen LogP contribution is 2.50. The van der Waals surface area contributed by atoms with Crippen molar-refractivity contribution < 1.29 is 32.6 Å². The highest BCUT2D eigenvalue weighted by Gasteiger charge is 2.44. The van der Waals surface area contributed by atoms with Crippen LogP contribution in [0.2, 0.25) is 0 Å². The number of fused-ring (bicyclic) bond motifs is 1. The number of halogens is 3. The molecule has 2 N–H and O–H groups in total. The summed E-state index contributed by atoms with van der Waals surface area (Å²) < 4.78 is 50.2. The van der Waals surface area contributed by atoms with E-state index in [-0.39, 0.29) is 63.6 Å². The van der Waals surface area contributed by atoms with Crippen molar-refractivity contribution in [2.75, 3.05) is 16.8 Å². The molecule has 1 unspecified atom stereocenters. The Morgan fingerprint density at radius 2 is 1.86 bits per heavy atom. The summed E-state index contributed by atoms with van der Waals surface area (Å²) >= 11 is 3.36. The number of aromatic nitrogens is 1. The highest BCUT2D eigenvalue weighted by molar-refractivity contribution is 9.10. The van der Waals surface area contributed by atoms with Gasteiger partial charge in [-0.3, -0.25) is 9.69 Å². The van der Waals surface area contributed by atoms with E-state index in [0.717, 1.165) is 0 Å². The van der Waals surface area contributed by atoms with E-state index in [0.29, 0.717) is 22.3 Å². The molecule has 2 aliphatic rings. The van der Waals surface area contributed by atoms with Crippen LogP contribution in [0.5, 0.6) is 17.2 Å². The van der Waals surface area contributed by atoms with Gasteiger partial charge in [0.1, 0.15) is 34.7 Å². The van der Waals surface area contributed by atoms with Crippen LogP contribution in [0.25, 0.3) is 0 Å². The van der Waals surface area contributed by atoms with Crippen molar-refractivity contribution in [1.82, 2.24) is 4.98 Å². The molecule has 11 heteroatoms. The second-order valence-corrected chi connectivity index (χ2v) is 12.2. The van der Waals surface area contributed by atoms with Crippen molar-refractivity contribution in [1.29, 1.82) is 0 Å². The SMILES string of the molecule is Cc1nc(C(=O)N2c3cccc(O)c3NC3=C(OCC(C)(C)C3)C2c2ccc(Oc3ccccc3Br)c(F)c2F)c(C)o1. The smallest absolute Gasteiger partial charge is 0.281 e. The number of amides is 1. The molecule has 43 heavy (non-hydrogen) atoms. The van der Waals surface area contributed by atoms with Gasteiger partial charge in [-0.2, -0.15) is 4.39 Å². The number of oxazole rings is 1. The second kappa shape index (κ2) is 10.7. The quantitative estimate of drug-likeness (QED) is 0.214. The fourth-order valence-electron chi connectivity index (χ4n) is 5.42. The summed E-state index contributed by atoms with van der Waals surface area (Å²) in [6.45, 7) is 7.46. The van der Waals surface area contributed by atoms with Gasteiger partial charge in [0.05, 0.1) is 22.5 Å². The van der Waals surface area contributed by atoms with Crippen LogP contribution in [0.4, 0.5) is 20.2 Å². The van der Waals surface area contributed by atoms with Crippen LogP contribution in [-0.2, 0) is 4.74 Å². The standard InChI is InChI=1S/C32H28BrF2N3O5/c1-16-27(36-17(2)42-16)31(40)38-21-9-7-10-22(39)28(21)37-20-14-32(3,4)15-41-30(20)29(38)18-12-13-24(26(35)25(18)34)43-23-11-6-5-8-19(23)33/h5-13,29,37,39H,14-15H2,1-4H3. The van der Waals surface area contributed by atoms with Gasteiger partial charge in [-0.05, 0) is 65.7 Å². The zero-order valence-electron chi connectivity index (χ0n) is 23.8. The summed E-state index contributed by atoms with van der Waals surface area (Å²) in [7, 11) is 0. The van der Waals surface area contributed by atoms with Crippen LogP contribution in [0.1, 0.15) is 54.0 Å². The predicted octanol–water partition coefficient (Wildman–Crippen LogP) is 8.30. The van der Waals surface area contributed by atoms with E-state index in [2.05, 4.69) is 26.2 Å². The molecule has 1 atom stereocenters. The zero-order chi connectivity index (χ0) is 30.6. The largest absolute Gasteiger partial charge is 0.506 e. The molecule has 0 saturated heterocycles. The number of ether oxygens (including phenoxy) is 2. The Morgan fingerprint density at radius 3 is 2.58 bits per heavy atom. The minimum atomic E-state index is -1.28. The molecule has 222 valence electrons. The maximum atomic E-state index is 16.3. The average molecular weight is 652 g/mol. The van der Waals surface area contributed by atoms with E-state index in [1.807, 2.05) is 13.8 Å². The fraction of sp³-hybridized carbons (Fsp3) is 0.250. The fourth-order valence-corrected chi connectivity index (χ4v) is 5.79. The number of rotatable bonds is 4. The van der Waals surface area contributed by atoms with Gasteiger partial charge in [-0.1, -0.05) is 32.0 Å². The number of phenolic OH excluding ortho intramolecular Hbond substituents is 1. The molecule has 3 heterocycles. The average Bonchev–Trinajstić information content (AvgIpc) is 3.22. The molecule has 6 rings (SSSR count). The number of benzene rings is 3. The summed E-state index contributed by atoms with van der Waals surface area (Å²) in [6.07, 6.45) is 0.448. The lowest BCUT2D eigenvalue weighted by atomic mass is 9.85. The van der Waals surface area contributed by atoms with E-state index >= 15 is 8.78 Å². The van der Waals surface area contributed by atoms with Gasteiger partial charge in [0.25, 0.3) is 5.91 Å². The monoisotopic (exact) mass is 651 g/mol. The first-order valence-electron chi connectivity index (χ1n) is 13.6. The minimum Gasteiger partial charge on any atom is -0.506 e. The molecule has 1 amide bonds. The van der Waals surface area contributed by atoms with Crippen molar-refractivity contribution in [3.05, 3.63) is 105 Å². The molecule has 4 aromatic rings. The maximum Gasteiger partial charge on any atom is 0.281 e. The number of aryl methyl sites for hydroxylation is 2. The van der Waals surface area contributed by atoms with Crippen LogP contribution in [0, 0.1) is 30.9 Å². The number of carbonyl (C=O) groups excluding carboxylic acids is 1. The number of nitrogens with one attached hydrogen (secondary N) is 1. The summed E-state index contributed by atoms with van der Waals surface area (Å²) in [4.78, 5) is 19.9. The second-order valence-electron chi connectivity index (χ2n) is 11.3. The molecule has 0 aliphatic carbocycles.